The monoisotopic (exact) mass is 279 g/mol. The zero-order valence-electron chi connectivity index (χ0n) is 10.5. The normalized spacial score (nSPS) is 13.3. The van der Waals surface area contributed by atoms with E-state index >= 15 is 0 Å². The third kappa shape index (κ3) is 9.79. The van der Waals surface area contributed by atoms with E-state index in [-0.39, 0.29) is 18.9 Å². The predicted molar refractivity (Wildman–Crippen MR) is 64.2 cm³/mol. The van der Waals surface area contributed by atoms with Crippen LogP contribution in [0.15, 0.2) is 12.2 Å². The van der Waals surface area contributed by atoms with Crippen LogP contribution >= 0.6 is 0 Å². The molecule has 0 aromatic heterocycles. The van der Waals surface area contributed by atoms with Crippen LogP contribution < -0.4 is 5.32 Å². The van der Waals surface area contributed by atoms with E-state index in [1.807, 2.05) is 0 Å². The molecule has 0 aliphatic rings. The molecule has 0 aromatic rings. The molecule has 0 aliphatic heterocycles. The Morgan fingerprint density at radius 2 is 2.00 bits per heavy atom. The highest BCUT2D eigenvalue weighted by atomic mass is 32.2. The summed E-state index contributed by atoms with van der Waals surface area (Å²) < 4.78 is 30.6. The summed E-state index contributed by atoms with van der Waals surface area (Å²) in [6.45, 7) is 1.07. The lowest BCUT2D eigenvalue weighted by atomic mass is 10.2. The molecule has 0 saturated heterocycles. The fourth-order valence-electron chi connectivity index (χ4n) is 1.02. The van der Waals surface area contributed by atoms with Crippen LogP contribution in [-0.2, 0) is 28.6 Å². The molecule has 1 atom stereocenters. The van der Waals surface area contributed by atoms with E-state index in [2.05, 4.69) is 14.2 Å². The van der Waals surface area contributed by atoms with Crippen LogP contribution in [-0.4, -0.2) is 46.3 Å². The molecule has 0 heterocycles. The summed E-state index contributed by atoms with van der Waals surface area (Å²) >= 11 is 0. The maximum atomic E-state index is 10.9. The minimum absolute atomic E-state index is 0.0332. The molecule has 0 aromatic carbocycles. The van der Waals surface area contributed by atoms with Crippen molar-refractivity contribution < 1.29 is 26.9 Å². The average Bonchev–Trinajstić information content (AvgIpc) is 2.23. The van der Waals surface area contributed by atoms with Crippen molar-refractivity contribution in [3.63, 3.8) is 0 Å². The van der Waals surface area contributed by atoms with Gasteiger partial charge < -0.3 is 10.1 Å². The molecule has 0 saturated carbocycles. The molecule has 8 heteroatoms. The first-order valence-electron chi connectivity index (χ1n) is 5.09. The molecule has 18 heavy (non-hydrogen) atoms. The van der Waals surface area contributed by atoms with Crippen molar-refractivity contribution in [1.29, 1.82) is 0 Å². The number of rotatable bonds is 7. The van der Waals surface area contributed by atoms with Crippen molar-refractivity contribution in [1.82, 2.24) is 5.32 Å². The van der Waals surface area contributed by atoms with Gasteiger partial charge in [0, 0.05) is 6.92 Å². The van der Waals surface area contributed by atoms with Crippen molar-refractivity contribution in [2.75, 3.05) is 20.0 Å². The molecule has 7 nitrogen and oxygen atoms in total. The van der Waals surface area contributed by atoms with Gasteiger partial charge in [0.25, 0.3) is 10.1 Å². The highest BCUT2D eigenvalue weighted by molar-refractivity contribution is 7.85. The lowest BCUT2D eigenvalue weighted by Crippen LogP contribution is -2.35. The Kier molecular flexibility index (Phi) is 7.21. The van der Waals surface area contributed by atoms with Gasteiger partial charge >= 0.3 is 5.97 Å². The Morgan fingerprint density at radius 1 is 1.39 bits per heavy atom. The van der Waals surface area contributed by atoms with Crippen molar-refractivity contribution in [3.05, 3.63) is 12.2 Å². The molecule has 1 unspecified atom stereocenters. The number of carbonyl (C=O) groups is 2. The lowest BCUT2D eigenvalue weighted by molar-refractivity contribution is -0.139. The van der Waals surface area contributed by atoms with Crippen LogP contribution in [0.2, 0.25) is 0 Å². The van der Waals surface area contributed by atoms with E-state index < -0.39 is 22.1 Å². The lowest BCUT2D eigenvalue weighted by Gasteiger charge is -2.12. The van der Waals surface area contributed by atoms with Gasteiger partial charge in [-0.1, -0.05) is 12.2 Å². The van der Waals surface area contributed by atoms with Crippen molar-refractivity contribution in [2.45, 2.75) is 19.4 Å². The standard InChI is InChI=1S/C10H17NO6S/c1-8(12)11-9(7-17-18(3,14)15)5-4-6-10(13)16-2/h4-5,9H,6-7H2,1-3H3,(H,11,12)/b5-4+. The Balaban J connectivity index is 4.39. The summed E-state index contributed by atoms with van der Waals surface area (Å²) in [5, 5.41) is 2.48. The van der Waals surface area contributed by atoms with Gasteiger partial charge in [0.15, 0.2) is 0 Å². The second-order valence-corrected chi connectivity index (χ2v) is 5.15. The number of hydrogen-bond acceptors (Lipinski definition) is 6. The van der Waals surface area contributed by atoms with Gasteiger partial charge in [-0.25, -0.2) is 0 Å². The van der Waals surface area contributed by atoms with Crippen LogP contribution in [0.5, 0.6) is 0 Å². The van der Waals surface area contributed by atoms with E-state index in [1.54, 1.807) is 0 Å². The molecule has 0 bridgehead atoms. The summed E-state index contributed by atoms with van der Waals surface area (Å²) in [4.78, 5) is 21.7. The van der Waals surface area contributed by atoms with E-state index in [9.17, 15) is 18.0 Å². The second kappa shape index (κ2) is 7.83. The molecule has 0 radical (unpaired) electrons. The van der Waals surface area contributed by atoms with Gasteiger partial charge in [0.1, 0.15) is 0 Å². The fourth-order valence-corrected chi connectivity index (χ4v) is 1.41. The summed E-state index contributed by atoms with van der Waals surface area (Å²) in [5.74, 6) is -0.767. The molecule has 0 rings (SSSR count). The highest BCUT2D eigenvalue weighted by Gasteiger charge is 2.10. The number of hydrogen-bond donors (Lipinski definition) is 1. The summed E-state index contributed by atoms with van der Waals surface area (Å²) in [6, 6.07) is -0.623. The van der Waals surface area contributed by atoms with Crippen molar-refractivity contribution in [3.8, 4) is 0 Å². The number of ether oxygens (including phenoxy) is 1. The van der Waals surface area contributed by atoms with E-state index in [0.717, 1.165) is 6.26 Å². The zero-order chi connectivity index (χ0) is 14.2. The van der Waals surface area contributed by atoms with Gasteiger partial charge in [-0.05, 0) is 0 Å². The highest BCUT2D eigenvalue weighted by Crippen LogP contribution is 1.96. The molecular weight excluding hydrogens is 262 g/mol. The van der Waals surface area contributed by atoms with Gasteiger partial charge in [-0.3, -0.25) is 13.8 Å². The first-order chi connectivity index (χ1) is 8.24. The minimum Gasteiger partial charge on any atom is -0.469 e. The maximum Gasteiger partial charge on any atom is 0.309 e. The Morgan fingerprint density at radius 3 is 2.44 bits per heavy atom. The predicted octanol–water partition coefficient (Wildman–Crippen LogP) is -0.413. The van der Waals surface area contributed by atoms with E-state index in [4.69, 9.17) is 0 Å². The maximum absolute atomic E-state index is 10.9. The molecule has 0 aliphatic carbocycles. The topological polar surface area (TPSA) is 98.8 Å². The Labute approximate surface area is 106 Å². The summed E-state index contributed by atoms with van der Waals surface area (Å²) in [7, 11) is -2.32. The average molecular weight is 279 g/mol. The number of nitrogens with one attached hydrogen (secondary N) is 1. The van der Waals surface area contributed by atoms with Crippen molar-refractivity contribution >= 4 is 22.0 Å². The summed E-state index contributed by atoms with van der Waals surface area (Å²) in [6.07, 6.45) is 3.89. The molecule has 0 fully saturated rings. The molecule has 104 valence electrons. The number of methoxy groups -OCH3 is 1. The van der Waals surface area contributed by atoms with Gasteiger partial charge in [-0.15, -0.1) is 0 Å². The van der Waals surface area contributed by atoms with Crippen LogP contribution in [0.3, 0.4) is 0 Å². The molecular formula is C10H17NO6S. The first kappa shape index (κ1) is 16.6. The van der Waals surface area contributed by atoms with Crippen LogP contribution in [0.25, 0.3) is 0 Å². The fraction of sp³-hybridized carbons (Fsp3) is 0.600. The Bertz CT molecular complexity index is 414. The minimum atomic E-state index is -3.58. The number of carbonyl (C=O) groups excluding carboxylic acids is 2. The first-order valence-corrected chi connectivity index (χ1v) is 6.91. The van der Waals surface area contributed by atoms with Crippen LogP contribution in [0.4, 0.5) is 0 Å². The van der Waals surface area contributed by atoms with E-state index in [0.29, 0.717) is 0 Å². The van der Waals surface area contributed by atoms with E-state index in [1.165, 1.54) is 26.2 Å². The van der Waals surface area contributed by atoms with Gasteiger partial charge in [-0.2, -0.15) is 8.42 Å². The van der Waals surface area contributed by atoms with Crippen LogP contribution in [0.1, 0.15) is 13.3 Å². The second-order valence-electron chi connectivity index (χ2n) is 3.50. The number of amides is 1. The smallest absolute Gasteiger partial charge is 0.309 e. The summed E-state index contributed by atoms with van der Waals surface area (Å²) in [5.41, 5.74) is 0. The SMILES string of the molecule is COC(=O)C/C=C/C(COS(C)(=O)=O)NC(C)=O. The third-order valence-corrected chi connectivity index (χ3v) is 2.30. The van der Waals surface area contributed by atoms with Crippen LogP contribution in [0, 0.1) is 0 Å². The van der Waals surface area contributed by atoms with Crippen molar-refractivity contribution in [2.24, 2.45) is 0 Å². The molecule has 1 amide bonds. The molecule has 1 N–H and O–H groups in total. The Hall–Kier alpha value is -1.41. The zero-order valence-corrected chi connectivity index (χ0v) is 11.3. The molecule has 0 spiro atoms. The van der Waals surface area contributed by atoms with Gasteiger partial charge in [0.2, 0.25) is 5.91 Å². The number of esters is 1. The third-order valence-electron chi connectivity index (χ3n) is 1.73. The quantitative estimate of drug-likeness (QED) is 0.386. The largest absolute Gasteiger partial charge is 0.469 e. The van der Waals surface area contributed by atoms with Gasteiger partial charge in [0.05, 0.1) is 32.4 Å².